The highest BCUT2D eigenvalue weighted by Gasteiger charge is 2.05. The Morgan fingerprint density at radius 3 is 2.62 bits per heavy atom. The SMILES string of the molecule is ClCn1cnc2cc(Cl)c(Cl)cc21. The average molecular weight is 236 g/mol. The van der Waals surface area contributed by atoms with Gasteiger partial charge in [0.1, 0.15) is 0 Å². The molecule has 0 bridgehead atoms. The molecular formula is C8H5Cl3N2. The van der Waals surface area contributed by atoms with Crippen LogP contribution in [0.4, 0.5) is 0 Å². The highest BCUT2D eigenvalue weighted by Crippen LogP contribution is 2.27. The van der Waals surface area contributed by atoms with Crippen molar-refractivity contribution in [1.82, 2.24) is 9.55 Å². The van der Waals surface area contributed by atoms with Crippen LogP contribution >= 0.6 is 34.8 Å². The van der Waals surface area contributed by atoms with E-state index in [0.717, 1.165) is 11.0 Å². The minimum absolute atomic E-state index is 0.356. The zero-order valence-corrected chi connectivity index (χ0v) is 8.74. The number of aromatic nitrogens is 2. The molecule has 5 heteroatoms. The minimum atomic E-state index is 0.356. The summed E-state index contributed by atoms with van der Waals surface area (Å²) in [6.07, 6.45) is 1.66. The van der Waals surface area contributed by atoms with Crippen molar-refractivity contribution in [2.45, 2.75) is 6.00 Å². The number of hydrogen-bond donors (Lipinski definition) is 0. The second-order valence-corrected chi connectivity index (χ2v) is 3.64. The van der Waals surface area contributed by atoms with Gasteiger partial charge in [0.25, 0.3) is 0 Å². The molecule has 0 radical (unpaired) electrons. The molecule has 0 saturated carbocycles. The minimum Gasteiger partial charge on any atom is -0.316 e. The summed E-state index contributed by atoms with van der Waals surface area (Å²) < 4.78 is 1.79. The van der Waals surface area contributed by atoms with Crippen LogP contribution in [-0.4, -0.2) is 9.55 Å². The summed E-state index contributed by atoms with van der Waals surface area (Å²) in [7, 11) is 0. The second kappa shape index (κ2) is 3.37. The van der Waals surface area contributed by atoms with Crippen LogP contribution in [0.15, 0.2) is 18.5 Å². The summed E-state index contributed by atoms with van der Waals surface area (Å²) >= 11 is 17.4. The fourth-order valence-electron chi connectivity index (χ4n) is 1.15. The van der Waals surface area contributed by atoms with Gasteiger partial charge in [0.15, 0.2) is 0 Å². The summed E-state index contributed by atoms with van der Waals surface area (Å²) in [5.41, 5.74) is 1.69. The summed E-state index contributed by atoms with van der Waals surface area (Å²) in [4.78, 5) is 4.13. The van der Waals surface area contributed by atoms with Gasteiger partial charge in [-0.2, -0.15) is 0 Å². The smallest absolute Gasteiger partial charge is 0.0986 e. The van der Waals surface area contributed by atoms with Crippen LogP contribution in [0.2, 0.25) is 10.0 Å². The van der Waals surface area contributed by atoms with Crippen molar-refractivity contribution in [3.63, 3.8) is 0 Å². The third-order valence-electron chi connectivity index (χ3n) is 1.79. The Kier molecular flexibility index (Phi) is 2.37. The fourth-order valence-corrected chi connectivity index (χ4v) is 1.65. The number of fused-ring (bicyclic) bond motifs is 1. The molecule has 0 unspecified atom stereocenters. The van der Waals surface area contributed by atoms with Gasteiger partial charge in [-0.1, -0.05) is 23.2 Å². The second-order valence-electron chi connectivity index (χ2n) is 2.59. The van der Waals surface area contributed by atoms with E-state index >= 15 is 0 Å². The van der Waals surface area contributed by atoms with Crippen molar-refractivity contribution in [3.8, 4) is 0 Å². The summed E-state index contributed by atoms with van der Waals surface area (Å²) in [6, 6.07) is 3.84. The van der Waals surface area contributed by atoms with Gasteiger partial charge in [0.05, 0.1) is 33.4 Å². The Hall–Kier alpha value is -0.440. The van der Waals surface area contributed by atoms with E-state index in [0.29, 0.717) is 16.0 Å². The van der Waals surface area contributed by atoms with Gasteiger partial charge in [0.2, 0.25) is 0 Å². The largest absolute Gasteiger partial charge is 0.316 e. The van der Waals surface area contributed by atoms with Gasteiger partial charge in [0, 0.05) is 0 Å². The van der Waals surface area contributed by atoms with Gasteiger partial charge < -0.3 is 4.57 Å². The maximum atomic E-state index is 5.86. The Morgan fingerprint density at radius 1 is 1.23 bits per heavy atom. The van der Waals surface area contributed by atoms with Gasteiger partial charge in [-0.3, -0.25) is 0 Å². The molecule has 0 saturated heterocycles. The zero-order valence-electron chi connectivity index (χ0n) is 6.47. The van der Waals surface area contributed by atoms with E-state index in [4.69, 9.17) is 34.8 Å². The lowest BCUT2D eigenvalue weighted by atomic mass is 10.3. The van der Waals surface area contributed by atoms with E-state index in [9.17, 15) is 0 Å². The number of halogens is 3. The quantitative estimate of drug-likeness (QED) is 0.691. The Labute approximate surface area is 90.0 Å². The number of rotatable bonds is 1. The van der Waals surface area contributed by atoms with Crippen LogP contribution in [0.5, 0.6) is 0 Å². The standard InChI is InChI=1S/C8H5Cl3N2/c9-3-13-4-12-7-1-5(10)6(11)2-8(7)13/h1-2,4H,3H2. The molecule has 0 aliphatic carbocycles. The normalized spacial score (nSPS) is 11.0. The maximum absolute atomic E-state index is 5.86. The molecule has 13 heavy (non-hydrogen) atoms. The topological polar surface area (TPSA) is 17.8 Å². The van der Waals surface area contributed by atoms with Crippen LogP contribution in [0.1, 0.15) is 0 Å². The van der Waals surface area contributed by atoms with Gasteiger partial charge in [-0.05, 0) is 12.1 Å². The Bertz CT molecular complexity index is 450. The van der Waals surface area contributed by atoms with E-state index in [2.05, 4.69) is 4.98 Å². The molecule has 2 aromatic rings. The van der Waals surface area contributed by atoms with Crippen molar-refractivity contribution in [1.29, 1.82) is 0 Å². The molecule has 1 aromatic heterocycles. The third kappa shape index (κ3) is 1.50. The van der Waals surface area contributed by atoms with E-state index in [1.54, 1.807) is 23.0 Å². The Balaban J connectivity index is 2.77. The molecule has 0 atom stereocenters. The number of benzene rings is 1. The zero-order chi connectivity index (χ0) is 9.42. The number of imidazole rings is 1. The first kappa shape index (κ1) is 9.13. The molecule has 1 heterocycles. The molecule has 0 spiro atoms. The molecule has 68 valence electrons. The molecule has 0 aliphatic heterocycles. The molecule has 0 N–H and O–H groups in total. The summed E-state index contributed by atoms with van der Waals surface area (Å²) in [6.45, 7) is 0. The third-order valence-corrected chi connectivity index (χ3v) is 2.77. The van der Waals surface area contributed by atoms with Crippen molar-refractivity contribution in [2.75, 3.05) is 0 Å². The lowest BCUT2D eigenvalue weighted by Crippen LogP contribution is -1.88. The Morgan fingerprint density at radius 2 is 1.92 bits per heavy atom. The summed E-state index contributed by atoms with van der Waals surface area (Å²) in [5.74, 6) is 0. The van der Waals surface area contributed by atoms with Gasteiger partial charge in [-0.15, -0.1) is 11.6 Å². The molecule has 2 nitrogen and oxygen atoms in total. The molecule has 0 aliphatic rings. The molecule has 1 aromatic carbocycles. The number of nitrogens with zero attached hydrogens (tertiary/aromatic N) is 2. The van der Waals surface area contributed by atoms with Crippen molar-refractivity contribution in [3.05, 3.63) is 28.5 Å². The van der Waals surface area contributed by atoms with Crippen LogP contribution in [-0.2, 0) is 6.00 Å². The first-order chi connectivity index (χ1) is 6.22. The van der Waals surface area contributed by atoms with Crippen molar-refractivity contribution >= 4 is 45.8 Å². The predicted molar refractivity (Wildman–Crippen MR) is 55.6 cm³/mol. The van der Waals surface area contributed by atoms with Gasteiger partial charge >= 0.3 is 0 Å². The van der Waals surface area contributed by atoms with Gasteiger partial charge in [-0.25, -0.2) is 4.98 Å². The molecule has 0 fully saturated rings. The number of alkyl halides is 1. The average Bonchev–Trinajstić information content (AvgIpc) is 2.48. The maximum Gasteiger partial charge on any atom is 0.0986 e. The first-order valence-electron chi connectivity index (χ1n) is 3.58. The highest BCUT2D eigenvalue weighted by atomic mass is 35.5. The van der Waals surface area contributed by atoms with Crippen LogP contribution < -0.4 is 0 Å². The summed E-state index contributed by atoms with van der Waals surface area (Å²) in [5, 5.41) is 1.02. The predicted octanol–water partition coefficient (Wildman–Crippen LogP) is 3.54. The van der Waals surface area contributed by atoms with Crippen LogP contribution in [0.25, 0.3) is 11.0 Å². The van der Waals surface area contributed by atoms with Crippen molar-refractivity contribution in [2.24, 2.45) is 0 Å². The molecule has 0 amide bonds. The molecule has 2 rings (SSSR count). The van der Waals surface area contributed by atoms with Crippen LogP contribution in [0.3, 0.4) is 0 Å². The van der Waals surface area contributed by atoms with E-state index in [1.807, 2.05) is 0 Å². The van der Waals surface area contributed by atoms with Crippen molar-refractivity contribution < 1.29 is 0 Å². The molecular weight excluding hydrogens is 230 g/mol. The highest BCUT2D eigenvalue weighted by molar-refractivity contribution is 6.42. The first-order valence-corrected chi connectivity index (χ1v) is 4.87. The fraction of sp³-hybridized carbons (Fsp3) is 0.125. The van der Waals surface area contributed by atoms with Crippen LogP contribution in [0, 0.1) is 0 Å². The lowest BCUT2D eigenvalue weighted by molar-refractivity contribution is 0.913. The van der Waals surface area contributed by atoms with E-state index in [-0.39, 0.29) is 0 Å². The lowest BCUT2D eigenvalue weighted by Gasteiger charge is -1.99. The van der Waals surface area contributed by atoms with E-state index < -0.39 is 0 Å². The van der Waals surface area contributed by atoms with E-state index in [1.165, 1.54) is 0 Å². The number of hydrogen-bond acceptors (Lipinski definition) is 1. The monoisotopic (exact) mass is 234 g/mol.